The summed E-state index contributed by atoms with van der Waals surface area (Å²) in [6, 6.07) is 23.7. The summed E-state index contributed by atoms with van der Waals surface area (Å²) < 4.78 is 89.9. The van der Waals surface area contributed by atoms with E-state index in [1.807, 2.05) is 50.2 Å². The number of aromatic amines is 1. The zero-order chi connectivity index (χ0) is 56.4. The van der Waals surface area contributed by atoms with E-state index in [4.69, 9.17) is 28.7 Å². The SMILES string of the molecule is CC(C)Oc1ccccc1[C@@H]1CN(Cc2ccc(F)c(F)c2)CCN1C1CC2(CCN(c3ccc(C(=O)NS(=O)(=O)c4cc5c(c([N+](=O)[O-])c4)N[C@H](C4CCOCC4)CO5)c(N4c5cc6cc[nH]c6nc5O[C@H]5COCC[C@@H]54)c3)CC2)C1. The number of nitrogens with zero attached hydrogens (tertiary/aromatic N) is 6. The number of para-hydroxylation sites is 1. The van der Waals surface area contributed by atoms with Crippen molar-refractivity contribution < 1.29 is 50.6 Å². The van der Waals surface area contributed by atoms with Gasteiger partial charge in [0.05, 0.1) is 51.9 Å². The van der Waals surface area contributed by atoms with E-state index in [1.54, 1.807) is 18.3 Å². The molecule has 22 heteroatoms. The minimum atomic E-state index is -4.74. The number of hydrogen-bond acceptors (Lipinski definition) is 16. The average molecular weight is 1140 g/mol. The van der Waals surface area contributed by atoms with E-state index in [1.165, 1.54) is 18.2 Å². The number of anilines is 4. The summed E-state index contributed by atoms with van der Waals surface area (Å²) in [7, 11) is -4.74. The topological polar surface area (TPSA) is 206 Å². The van der Waals surface area contributed by atoms with Crippen molar-refractivity contribution >= 4 is 55.4 Å². The van der Waals surface area contributed by atoms with Gasteiger partial charge in [-0.25, -0.2) is 21.9 Å². The third-order valence-corrected chi connectivity index (χ3v) is 19.3. The van der Waals surface area contributed by atoms with Crippen molar-refractivity contribution in [1.82, 2.24) is 24.5 Å². The molecule has 1 saturated carbocycles. The number of amides is 1. The minimum absolute atomic E-state index is 0.00911. The van der Waals surface area contributed by atoms with Gasteiger partial charge in [-0.3, -0.25) is 24.7 Å². The molecule has 8 heterocycles. The van der Waals surface area contributed by atoms with E-state index in [0.717, 1.165) is 98.7 Å². The average Bonchev–Trinajstić information content (AvgIpc) is 3.06. The molecule has 5 fully saturated rings. The Morgan fingerprint density at radius 1 is 0.915 bits per heavy atom. The fraction of sp³-hybridized carbons (Fsp3) is 0.467. The number of ether oxygens (including phenoxy) is 5. The molecule has 0 unspecified atom stereocenters. The molecule has 19 nitrogen and oxygen atoms in total. The third kappa shape index (κ3) is 10.4. The molecule has 4 saturated heterocycles. The zero-order valence-corrected chi connectivity index (χ0v) is 46.7. The number of rotatable bonds is 13. The Balaban J connectivity index is 0.773. The molecule has 432 valence electrons. The molecule has 6 aromatic rings. The van der Waals surface area contributed by atoms with Crippen LogP contribution in [0.5, 0.6) is 17.4 Å². The normalized spacial score (nSPS) is 23.2. The number of nitro groups is 1. The summed E-state index contributed by atoms with van der Waals surface area (Å²) in [5.41, 5.74) is 4.18. The Morgan fingerprint density at radius 2 is 1.72 bits per heavy atom. The number of benzene rings is 4. The third-order valence-electron chi connectivity index (χ3n) is 18.0. The predicted molar refractivity (Wildman–Crippen MR) is 303 cm³/mol. The summed E-state index contributed by atoms with van der Waals surface area (Å²) in [4.78, 5) is 43.7. The molecule has 7 aliphatic rings. The smallest absolute Gasteiger partial charge is 0.297 e. The van der Waals surface area contributed by atoms with Crippen molar-refractivity contribution in [3.8, 4) is 17.4 Å². The molecule has 2 aromatic heterocycles. The Bertz CT molecular complexity index is 3530. The fourth-order valence-corrected chi connectivity index (χ4v) is 14.8. The molecule has 1 amide bonds. The number of carbonyl (C=O) groups excluding carboxylic acids is 1. The number of halogens is 2. The second-order valence-corrected chi connectivity index (χ2v) is 25.1. The summed E-state index contributed by atoms with van der Waals surface area (Å²) in [5, 5.41) is 16.7. The van der Waals surface area contributed by atoms with Gasteiger partial charge in [-0.1, -0.05) is 24.3 Å². The van der Waals surface area contributed by atoms with E-state index in [9.17, 15) is 32.1 Å². The highest BCUT2D eigenvalue weighted by atomic mass is 32.2. The van der Waals surface area contributed by atoms with Crippen molar-refractivity contribution in [2.75, 3.05) is 80.9 Å². The number of nitro benzene ring substituents is 1. The largest absolute Gasteiger partial charge is 0.491 e. The van der Waals surface area contributed by atoms with Gasteiger partial charge in [0.25, 0.3) is 21.6 Å². The van der Waals surface area contributed by atoms with Crippen LogP contribution in [0.2, 0.25) is 0 Å². The maximum absolute atomic E-state index is 14.9. The quantitative estimate of drug-likeness (QED) is 0.0728. The molecule has 6 aliphatic heterocycles. The first-order valence-corrected chi connectivity index (χ1v) is 30.1. The number of aromatic nitrogens is 2. The van der Waals surface area contributed by atoms with Gasteiger partial charge in [0, 0.05) is 100 Å². The highest BCUT2D eigenvalue weighted by Gasteiger charge is 2.51. The molecule has 13 rings (SSSR count). The van der Waals surface area contributed by atoms with Gasteiger partial charge in [0.1, 0.15) is 29.8 Å². The van der Waals surface area contributed by atoms with Crippen LogP contribution in [0.4, 0.5) is 37.2 Å². The number of nitrogens with one attached hydrogen (secondary N) is 3. The lowest BCUT2D eigenvalue weighted by atomic mass is 9.59. The molecular weight excluding hydrogens is 1080 g/mol. The minimum Gasteiger partial charge on any atom is -0.491 e. The second-order valence-electron chi connectivity index (χ2n) is 23.4. The van der Waals surface area contributed by atoms with E-state index >= 15 is 0 Å². The van der Waals surface area contributed by atoms with Crippen molar-refractivity contribution in [2.24, 2.45) is 11.3 Å². The molecular formula is C60H67F2N9O10S. The van der Waals surface area contributed by atoms with Crippen LogP contribution in [0.3, 0.4) is 0 Å². The Labute approximate surface area is 474 Å². The van der Waals surface area contributed by atoms with E-state index in [2.05, 4.69) is 46.8 Å². The first kappa shape index (κ1) is 54.2. The van der Waals surface area contributed by atoms with Gasteiger partial charge >= 0.3 is 0 Å². The van der Waals surface area contributed by atoms with E-state index in [0.29, 0.717) is 68.3 Å². The number of fused-ring (bicyclic) bond motifs is 4. The van der Waals surface area contributed by atoms with Crippen molar-refractivity contribution in [2.45, 2.75) is 107 Å². The number of pyridine rings is 1. The first-order valence-electron chi connectivity index (χ1n) is 28.6. The van der Waals surface area contributed by atoms with E-state index < -0.39 is 49.2 Å². The maximum Gasteiger partial charge on any atom is 0.297 e. The monoisotopic (exact) mass is 1140 g/mol. The van der Waals surface area contributed by atoms with Gasteiger partial charge < -0.3 is 43.8 Å². The maximum atomic E-state index is 14.9. The highest BCUT2D eigenvalue weighted by molar-refractivity contribution is 7.90. The Kier molecular flexibility index (Phi) is 14.5. The van der Waals surface area contributed by atoms with Crippen LogP contribution < -0.4 is 34.0 Å². The first-order chi connectivity index (χ1) is 39.7. The van der Waals surface area contributed by atoms with Crippen LogP contribution in [0.1, 0.15) is 86.3 Å². The van der Waals surface area contributed by atoms with Gasteiger partial charge in [-0.15, -0.1) is 0 Å². The fourth-order valence-electron chi connectivity index (χ4n) is 13.8. The van der Waals surface area contributed by atoms with Crippen LogP contribution in [-0.2, 0) is 26.0 Å². The van der Waals surface area contributed by atoms with Gasteiger partial charge in [0.2, 0.25) is 5.88 Å². The molecule has 0 radical (unpaired) electrons. The molecule has 3 N–H and O–H groups in total. The lowest BCUT2D eigenvalue weighted by molar-refractivity contribution is -0.384. The van der Waals surface area contributed by atoms with Crippen molar-refractivity contribution in [1.29, 1.82) is 0 Å². The standard InChI is InChI=1S/C60H67F2N9O10S/c1-36(2)80-53-6-4-3-5-43(53)52-33-67(32-37-7-10-45(61)46(62)25-37)20-21-69(52)41-30-60(31-41)15-18-68(19-16-60)40-8-9-44(49(27-40)70-48-14-24-78-35-55(48)81-59-51(70)26-39-11-17-63-57(39)65-59)58(72)66-82(75,76)42-28-50(71(73)74)56-54(29-42)79-34-47(64-56)38-12-22-77-23-13-38/h3-11,17,25-29,36,38,41,47-48,52,55,64H,12-16,18-24,30-35H2,1-2H3,(H,63,65)(H,66,72)/t47-,48-,52-,55-/m0/s1. The summed E-state index contributed by atoms with van der Waals surface area (Å²) in [6.07, 6.45) is 7.27. The number of carbonyl (C=O) groups is 1. The summed E-state index contributed by atoms with van der Waals surface area (Å²) in [5.74, 6) is -1.28. The van der Waals surface area contributed by atoms with Crippen LogP contribution in [0.25, 0.3) is 11.0 Å². The van der Waals surface area contributed by atoms with Crippen LogP contribution >= 0.6 is 0 Å². The molecule has 4 aromatic carbocycles. The molecule has 4 atom stereocenters. The zero-order valence-electron chi connectivity index (χ0n) is 45.9. The van der Waals surface area contributed by atoms with Gasteiger partial charge in [0.15, 0.2) is 23.1 Å². The van der Waals surface area contributed by atoms with Crippen molar-refractivity contribution in [3.63, 3.8) is 0 Å². The highest BCUT2D eigenvalue weighted by Crippen LogP contribution is 2.54. The summed E-state index contributed by atoms with van der Waals surface area (Å²) >= 11 is 0. The summed E-state index contributed by atoms with van der Waals surface area (Å²) in [6.45, 7) is 10.4. The number of piperazine rings is 1. The second kappa shape index (κ2) is 21.9. The van der Waals surface area contributed by atoms with Gasteiger partial charge in [-0.05, 0) is 124 Å². The molecule has 0 bridgehead atoms. The predicted octanol–water partition coefficient (Wildman–Crippen LogP) is 9.25. The number of hydrogen-bond donors (Lipinski definition) is 3. The molecule has 82 heavy (non-hydrogen) atoms. The Morgan fingerprint density at radius 3 is 2.51 bits per heavy atom. The van der Waals surface area contributed by atoms with Crippen LogP contribution in [-0.4, -0.2) is 135 Å². The number of sulfonamides is 1. The Hall–Kier alpha value is -7.11. The number of piperidine rings is 1. The lowest BCUT2D eigenvalue weighted by Gasteiger charge is -2.58. The van der Waals surface area contributed by atoms with Crippen molar-refractivity contribution in [3.05, 3.63) is 130 Å². The van der Waals surface area contributed by atoms with Crippen LogP contribution in [0, 0.1) is 33.1 Å². The van der Waals surface area contributed by atoms with E-state index in [-0.39, 0.29) is 65.8 Å². The number of H-pyrrole nitrogens is 1. The van der Waals surface area contributed by atoms with Gasteiger partial charge in [-0.2, -0.15) is 4.98 Å². The molecule has 1 spiro atoms. The molecule has 1 aliphatic carbocycles. The van der Waals surface area contributed by atoms with Crippen LogP contribution in [0.15, 0.2) is 96.0 Å². The lowest BCUT2D eigenvalue weighted by Crippen LogP contribution is -2.59.